The smallest absolute Gasteiger partial charge is 0.262 e. The molecule has 0 aromatic heterocycles. The van der Waals surface area contributed by atoms with E-state index in [0.29, 0.717) is 41.9 Å². The summed E-state index contributed by atoms with van der Waals surface area (Å²) in [5.74, 6) is 0. The fraction of sp³-hybridized carbons (Fsp3) is 0.368. The minimum absolute atomic E-state index is 0.316. The zero-order chi connectivity index (χ0) is 18.9. The van der Waals surface area contributed by atoms with Gasteiger partial charge in [-0.3, -0.25) is 4.72 Å². The molecule has 2 aromatic carbocycles. The molecule has 0 spiro atoms. The van der Waals surface area contributed by atoms with Crippen molar-refractivity contribution in [2.45, 2.75) is 25.7 Å². The van der Waals surface area contributed by atoms with Crippen LogP contribution in [0.3, 0.4) is 0 Å². The Hall–Kier alpha value is -1.76. The quantitative estimate of drug-likeness (QED) is 0.854. The molecule has 3 rings (SSSR count). The standard InChI is InChI=1S/C19H23ClN2O3S/c1-13-10-14(2)19(15(3)11-13)26(23,24)21-17-12-16(20)4-5-18(17)22-6-8-25-9-7-22/h4-5,10-12,21H,6-9H2,1-3H3. The Morgan fingerprint density at radius 3 is 2.27 bits per heavy atom. The number of aryl methyl sites for hydroxylation is 3. The lowest BCUT2D eigenvalue weighted by Crippen LogP contribution is -2.36. The summed E-state index contributed by atoms with van der Waals surface area (Å²) in [4.78, 5) is 2.42. The molecular formula is C19H23ClN2O3S. The van der Waals surface area contributed by atoms with Crippen LogP contribution in [0, 0.1) is 20.8 Å². The van der Waals surface area contributed by atoms with E-state index in [4.69, 9.17) is 16.3 Å². The highest BCUT2D eigenvalue weighted by atomic mass is 35.5. The van der Waals surface area contributed by atoms with Crippen molar-refractivity contribution >= 4 is 33.0 Å². The van der Waals surface area contributed by atoms with Gasteiger partial charge in [0.15, 0.2) is 0 Å². The lowest BCUT2D eigenvalue weighted by molar-refractivity contribution is 0.123. The summed E-state index contributed by atoms with van der Waals surface area (Å²) in [5.41, 5.74) is 3.79. The highest BCUT2D eigenvalue weighted by Crippen LogP contribution is 2.33. The van der Waals surface area contributed by atoms with Gasteiger partial charge < -0.3 is 9.64 Å². The summed E-state index contributed by atoms with van der Waals surface area (Å²) in [6.45, 7) is 8.23. The third-order valence-corrected chi connectivity index (χ3v) is 6.33. The maximum atomic E-state index is 13.1. The van der Waals surface area contributed by atoms with Gasteiger partial charge in [0.2, 0.25) is 0 Å². The first kappa shape index (κ1) is 19.0. The van der Waals surface area contributed by atoms with E-state index >= 15 is 0 Å². The molecule has 0 unspecified atom stereocenters. The van der Waals surface area contributed by atoms with E-state index in [2.05, 4.69) is 9.62 Å². The number of hydrogen-bond acceptors (Lipinski definition) is 4. The van der Waals surface area contributed by atoms with Gasteiger partial charge in [-0.25, -0.2) is 8.42 Å². The van der Waals surface area contributed by atoms with E-state index < -0.39 is 10.0 Å². The molecule has 1 saturated heterocycles. The molecule has 0 amide bonds. The van der Waals surface area contributed by atoms with Gasteiger partial charge in [-0.1, -0.05) is 29.3 Å². The minimum atomic E-state index is -3.74. The third kappa shape index (κ3) is 3.98. The Morgan fingerprint density at radius 2 is 1.65 bits per heavy atom. The van der Waals surface area contributed by atoms with Crippen LogP contribution < -0.4 is 9.62 Å². The topological polar surface area (TPSA) is 58.6 Å². The van der Waals surface area contributed by atoms with E-state index in [0.717, 1.165) is 22.4 Å². The van der Waals surface area contributed by atoms with E-state index in [1.807, 2.05) is 39.0 Å². The molecule has 1 heterocycles. The number of morpholine rings is 1. The Labute approximate surface area is 160 Å². The summed E-state index contributed by atoms with van der Waals surface area (Å²) >= 11 is 6.14. The van der Waals surface area contributed by atoms with Crippen LogP contribution in [0.4, 0.5) is 11.4 Å². The molecule has 26 heavy (non-hydrogen) atoms. The average Bonchev–Trinajstić information content (AvgIpc) is 2.54. The van der Waals surface area contributed by atoms with Crippen molar-refractivity contribution in [1.82, 2.24) is 0 Å². The normalized spacial score (nSPS) is 15.2. The zero-order valence-electron chi connectivity index (χ0n) is 15.2. The van der Waals surface area contributed by atoms with Crippen LogP contribution in [0.15, 0.2) is 35.2 Å². The van der Waals surface area contributed by atoms with Crippen LogP contribution in [0.5, 0.6) is 0 Å². The molecule has 0 atom stereocenters. The molecule has 0 aliphatic carbocycles. The maximum Gasteiger partial charge on any atom is 0.262 e. The molecule has 1 fully saturated rings. The first-order valence-electron chi connectivity index (χ1n) is 8.51. The van der Waals surface area contributed by atoms with Crippen molar-refractivity contribution in [2.24, 2.45) is 0 Å². The zero-order valence-corrected chi connectivity index (χ0v) is 16.7. The summed E-state index contributed by atoms with van der Waals surface area (Å²) in [6.07, 6.45) is 0. The summed E-state index contributed by atoms with van der Waals surface area (Å²) in [5, 5.41) is 0.483. The van der Waals surface area contributed by atoms with Crippen LogP contribution in [0.2, 0.25) is 5.02 Å². The third-order valence-electron chi connectivity index (χ3n) is 4.43. The molecule has 0 bridgehead atoms. The first-order chi connectivity index (χ1) is 12.3. The second-order valence-electron chi connectivity index (χ2n) is 6.59. The van der Waals surface area contributed by atoms with E-state index in [9.17, 15) is 8.42 Å². The van der Waals surface area contributed by atoms with Gasteiger partial charge in [-0.05, 0) is 50.1 Å². The fourth-order valence-corrected chi connectivity index (χ4v) is 5.15. The lowest BCUT2D eigenvalue weighted by atomic mass is 10.1. The van der Waals surface area contributed by atoms with E-state index in [1.165, 1.54) is 0 Å². The fourth-order valence-electron chi connectivity index (χ4n) is 3.46. The first-order valence-corrected chi connectivity index (χ1v) is 10.4. The summed E-state index contributed by atoms with van der Waals surface area (Å²) < 4.78 is 34.3. The SMILES string of the molecule is Cc1cc(C)c(S(=O)(=O)Nc2cc(Cl)ccc2N2CCOCC2)c(C)c1. The molecule has 5 nitrogen and oxygen atoms in total. The Bertz CT molecular complexity index is 899. The van der Waals surface area contributed by atoms with Crippen molar-refractivity contribution < 1.29 is 13.2 Å². The number of halogens is 1. The largest absolute Gasteiger partial charge is 0.378 e. The summed E-state index contributed by atoms with van der Waals surface area (Å²) in [7, 11) is -3.74. The number of hydrogen-bond donors (Lipinski definition) is 1. The number of nitrogens with one attached hydrogen (secondary N) is 1. The molecule has 140 valence electrons. The Morgan fingerprint density at radius 1 is 1.04 bits per heavy atom. The van der Waals surface area contributed by atoms with Crippen LogP contribution in [0.25, 0.3) is 0 Å². The molecule has 1 N–H and O–H groups in total. The molecule has 1 aliphatic heterocycles. The highest BCUT2D eigenvalue weighted by Gasteiger charge is 2.23. The lowest BCUT2D eigenvalue weighted by Gasteiger charge is -2.30. The minimum Gasteiger partial charge on any atom is -0.378 e. The number of anilines is 2. The number of benzene rings is 2. The molecule has 0 saturated carbocycles. The maximum absolute atomic E-state index is 13.1. The van der Waals surface area contributed by atoms with Crippen molar-refractivity contribution in [3.63, 3.8) is 0 Å². The molecular weight excluding hydrogens is 372 g/mol. The van der Waals surface area contributed by atoms with Gasteiger partial charge >= 0.3 is 0 Å². The second-order valence-corrected chi connectivity index (χ2v) is 8.65. The van der Waals surface area contributed by atoms with Crippen molar-refractivity contribution in [3.05, 3.63) is 52.0 Å². The van der Waals surface area contributed by atoms with Gasteiger partial charge in [0.1, 0.15) is 0 Å². The van der Waals surface area contributed by atoms with Crippen LogP contribution >= 0.6 is 11.6 Å². The second kappa shape index (κ2) is 7.47. The van der Waals surface area contributed by atoms with Crippen molar-refractivity contribution in [1.29, 1.82) is 0 Å². The van der Waals surface area contributed by atoms with Gasteiger partial charge in [0.05, 0.1) is 29.5 Å². The summed E-state index contributed by atoms with van der Waals surface area (Å²) in [6, 6.07) is 9.03. The monoisotopic (exact) mass is 394 g/mol. The number of ether oxygens (including phenoxy) is 1. The van der Waals surface area contributed by atoms with Crippen molar-refractivity contribution in [3.8, 4) is 0 Å². The predicted molar refractivity (Wildman–Crippen MR) is 106 cm³/mol. The van der Waals surface area contributed by atoms with Crippen LogP contribution in [-0.2, 0) is 14.8 Å². The number of nitrogens with zero attached hydrogens (tertiary/aromatic N) is 1. The van der Waals surface area contributed by atoms with E-state index in [-0.39, 0.29) is 0 Å². The highest BCUT2D eigenvalue weighted by molar-refractivity contribution is 7.92. The van der Waals surface area contributed by atoms with Gasteiger partial charge in [-0.15, -0.1) is 0 Å². The Kier molecular flexibility index (Phi) is 5.46. The van der Waals surface area contributed by atoms with Gasteiger partial charge in [-0.2, -0.15) is 0 Å². The molecule has 1 aliphatic rings. The number of rotatable bonds is 4. The van der Waals surface area contributed by atoms with Crippen molar-refractivity contribution in [2.75, 3.05) is 35.9 Å². The van der Waals surface area contributed by atoms with E-state index in [1.54, 1.807) is 12.1 Å². The van der Waals surface area contributed by atoms with Gasteiger partial charge in [0.25, 0.3) is 10.0 Å². The van der Waals surface area contributed by atoms with Crippen LogP contribution in [-0.4, -0.2) is 34.7 Å². The average molecular weight is 395 g/mol. The predicted octanol–water partition coefficient (Wildman–Crippen LogP) is 3.90. The molecule has 7 heteroatoms. The molecule has 0 radical (unpaired) electrons. The van der Waals surface area contributed by atoms with Crippen LogP contribution in [0.1, 0.15) is 16.7 Å². The molecule has 2 aromatic rings. The Balaban J connectivity index is 2.01. The number of sulfonamides is 1. The van der Waals surface area contributed by atoms with Gasteiger partial charge in [0, 0.05) is 18.1 Å².